The molecule has 0 aliphatic carbocycles. The number of rotatable bonds is 9. The molecule has 1 aromatic carbocycles. The van der Waals surface area contributed by atoms with Crippen LogP contribution in [0.5, 0.6) is 0 Å². The maximum atomic E-state index is 10.9. The van der Waals surface area contributed by atoms with E-state index < -0.39 is 0 Å². The summed E-state index contributed by atoms with van der Waals surface area (Å²) in [6.45, 7) is 5.96. The molecule has 5 heteroatoms. The lowest BCUT2D eigenvalue weighted by molar-refractivity contribution is -0.384. The lowest BCUT2D eigenvalue weighted by Gasteiger charge is -2.08. The third-order valence-electron chi connectivity index (χ3n) is 2.79. The zero-order chi connectivity index (χ0) is 14.1. The molecule has 1 rings (SSSR count). The van der Waals surface area contributed by atoms with Gasteiger partial charge in [0.1, 0.15) is 5.69 Å². The Balaban J connectivity index is 2.59. The largest absolute Gasteiger partial charge is 0.380 e. The van der Waals surface area contributed by atoms with Crippen molar-refractivity contribution >= 4 is 11.4 Å². The number of benzene rings is 1. The van der Waals surface area contributed by atoms with Crippen LogP contribution in [0.2, 0.25) is 0 Å². The Morgan fingerprint density at radius 1 is 1.32 bits per heavy atom. The number of nitrogens with one attached hydrogen (secondary N) is 1. The van der Waals surface area contributed by atoms with Gasteiger partial charge in [-0.1, -0.05) is 19.8 Å². The molecule has 0 spiro atoms. The summed E-state index contributed by atoms with van der Waals surface area (Å²) in [5, 5.41) is 13.9. The van der Waals surface area contributed by atoms with E-state index >= 15 is 0 Å². The first-order valence-electron chi connectivity index (χ1n) is 6.78. The fourth-order valence-electron chi connectivity index (χ4n) is 1.81. The summed E-state index contributed by atoms with van der Waals surface area (Å²) in [5.41, 5.74) is 1.62. The molecule has 0 heterocycles. The van der Waals surface area contributed by atoms with Crippen molar-refractivity contribution in [2.24, 2.45) is 0 Å². The molecule has 19 heavy (non-hydrogen) atoms. The number of nitro groups is 1. The van der Waals surface area contributed by atoms with Crippen LogP contribution in [-0.4, -0.2) is 18.1 Å². The zero-order valence-corrected chi connectivity index (χ0v) is 11.6. The number of hydrogen-bond donors (Lipinski definition) is 1. The molecule has 0 fully saturated rings. The van der Waals surface area contributed by atoms with Crippen molar-refractivity contribution < 1.29 is 9.66 Å². The van der Waals surface area contributed by atoms with E-state index in [2.05, 4.69) is 12.2 Å². The molecule has 106 valence electrons. The van der Waals surface area contributed by atoms with Gasteiger partial charge in [-0.2, -0.15) is 0 Å². The highest BCUT2D eigenvalue weighted by Crippen LogP contribution is 2.25. The maximum Gasteiger partial charge on any atom is 0.292 e. The van der Waals surface area contributed by atoms with E-state index in [4.69, 9.17) is 4.74 Å². The Hall–Kier alpha value is -1.62. The van der Waals surface area contributed by atoms with Crippen molar-refractivity contribution in [3.05, 3.63) is 33.9 Å². The first kappa shape index (κ1) is 15.4. The second-order valence-electron chi connectivity index (χ2n) is 4.40. The van der Waals surface area contributed by atoms with Crippen molar-refractivity contribution in [2.45, 2.75) is 39.7 Å². The minimum atomic E-state index is -0.371. The van der Waals surface area contributed by atoms with E-state index in [1.54, 1.807) is 12.1 Å². The molecule has 0 radical (unpaired) electrons. The van der Waals surface area contributed by atoms with Crippen LogP contribution in [0.1, 0.15) is 38.7 Å². The monoisotopic (exact) mass is 266 g/mol. The Labute approximate surface area is 114 Å². The molecule has 0 aromatic heterocycles. The number of nitro benzene ring substituents is 1. The molecule has 5 nitrogen and oxygen atoms in total. The lowest BCUT2D eigenvalue weighted by Crippen LogP contribution is -2.03. The van der Waals surface area contributed by atoms with Gasteiger partial charge in [-0.15, -0.1) is 0 Å². The minimum Gasteiger partial charge on any atom is -0.380 e. The van der Waals surface area contributed by atoms with E-state index in [0.29, 0.717) is 18.8 Å². The van der Waals surface area contributed by atoms with Crippen LogP contribution in [0, 0.1) is 10.1 Å². The fraction of sp³-hybridized carbons (Fsp3) is 0.571. The Kier molecular flexibility index (Phi) is 6.89. The van der Waals surface area contributed by atoms with E-state index in [9.17, 15) is 10.1 Å². The van der Waals surface area contributed by atoms with Gasteiger partial charge in [0.2, 0.25) is 0 Å². The van der Waals surface area contributed by atoms with Crippen LogP contribution < -0.4 is 5.32 Å². The number of anilines is 1. The van der Waals surface area contributed by atoms with Gasteiger partial charge in [0.15, 0.2) is 0 Å². The molecule has 1 N–H and O–H groups in total. The molecule has 0 bridgehead atoms. The molecular formula is C14H22N2O3. The minimum absolute atomic E-state index is 0.108. The van der Waals surface area contributed by atoms with Gasteiger partial charge >= 0.3 is 0 Å². The fourth-order valence-corrected chi connectivity index (χ4v) is 1.81. The van der Waals surface area contributed by atoms with Gasteiger partial charge in [0.25, 0.3) is 5.69 Å². The maximum absolute atomic E-state index is 10.9. The van der Waals surface area contributed by atoms with Crippen molar-refractivity contribution in [1.29, 1.82) is 0 Å². The summed E-state index contributed by atoms with van der Waals surface area (Å²) in [5.74, 6) is 0. The first-order valence-corrected chi connectivity index (χ1v) is 6.78. The number of ether oxygens (including phenoxy) is 1. The number of unbranched alkanes of at least 4 members (excludes halogenated alkanes) is 2. The first-order chi connectivity index (χ1) is 9.19. The lowest BCUT2D eigenvalue weighted by atomic mass is 10.2. The quantitative estimate of drug-likeness (QED) is 0.420. The smallest absolute Gasteiger partial charge is 0.292 e. The second kappa shape index (κ2) is 8.48. The molecule has 0 amide bonds. The molecular weight excluding hydrogens is 244 g/mol. The average molecular weight is 266 g/mol. The van der Waals surface area contributed by atoms with Crippen molar-refractivity contribution in [2.75, 3.05) is 18.5 Å². The molecule has 1 aromatic rings. The summed E-state index contributed by atoms with van der Waals surface area (Å²) in [6.07, 6.45) is 3.40. The summed E-state index contributed by atoms with van der Waals surface area (Å²) >= 11 is 0. The Morgan fingerprint density at radius 3 is 2.74 bits per heavy atom. The second-order valence-corrected chi connectivity index (χ2v) is 4.40. The van der Waals surface area contributed by atoms with E-state index in [-0.39, 0.29) is 10.6 Å². The number of nitrogens with zero attached hydrogens (tertiary/aromatic N) is 1. The van der Waals surface area contributed by atoms with Crippen LogP contribution in [0.15, 0.2) is 18.2 Å². The molecule has 0 atom stereocenters. The van der Waals surface area contributed by atoms with E-state index in [1.807, 2.05) is 6.92 Å². The highest BCUT2D eigenvalue weighted by molar-refractivity contribution is 5.62. The van der Waals surface area contributed by atoms with Gasteiger partial charge in [-0.3, -0.25) is 10.1 Å². The van der Waals surface area contributed by atoms with Gasteiger partial charge < -0.3 is 10.1 Å². The van der Waals surface area contributed by atoms with Gasteiger partial charge in [0.05, 0.1) is 11.5 Å². The number of hydrogen-bond acceptors (Lipinski definition) is 4. The van der Waals surface area contributed by atoms with Crippen LogP contribution in [0.4, 0.5) is 11.4 Å². The van der Waals surface area contributed by atoms with Crippen LogP contribution in [0.25, 0.3) is 0 Å². The topological polar surface area (TPSA) is 64.4 Å². The SMILES string of the molecule is CCCCCOCc1ccc([N+](=O)[O-])c(NCC)c1. The van der Waals surface area contributed by atoms with Crippen molar-refractivity contribution in [1.82, 2.24) is 0 Å². The highest BCUT2D eigenvalue weighted by atomic mass is 16.6. The summed E-state index contributed by atoms with van der Waals surface area (Å²) < 4.78 is 5.56. The third-order valence-corrected chi connectivity index (χ3v) is 2.79. The average Bonchev–Trinajstić information content (AvgIpc) is 2.39. The standard InChI is InChI=1S/C14H22N2O3/c1-3-5-6-9-19-11-12-7-8-14(16(17)18)13(10-12)15-4-2/h7-8,10,15H,3-6,9,11H2,1-2H3. The summed E-state index contributed by atoms with van der Waals surface area (Å²) in [6, 6.07) is 5.07. The van der Waals surface area contributed by atoms with Gasteiger partial charge in [0, 0.05) is 19.2 Å². The van der Waals surface area contributed by atoms with E-state index in [0.717, 1.165) is 18.6 Å². The van der Waals surface area contributed by atoms with Crippen LogP contribution in [-0.2, 0) is 11.3 Å². The van der Waals surface area contributed by atoms with Gasteiger partial charge in [-0.05, 0) is 31.0 Å². The normalized spacial score (nSPS) is 10.4. The molecule has 0 aliphatic heterocycles. The van der Waals surface area contributed by atoms with Gasteiger partial charge in [-0.25, -0.2) is 0 Å². The predicted octanol–water partition coefficient (Wildman–Crippen LogP) is 3.73. The Morgan fingerprint density at radius 2 is 2.11 bits per heavy atom. The summed E-state index contributed by atoms with van der Waals surface area (Å²) in [4.78, 5) is 10.5. The summed E-state index contributed by atoms with van der Waals surface area (Å²) in [7, 11) is 0. The highest BCUT2D eigenvalue weighted by Gasteiger charge is 2.13. The van der Waals surface area contributed by atoms with Crippen molar-refractivity contribution in [3.8, 4) is 0 Å². The van der Waals surface area contributed by atoms with E-state index in [1.165, 1.54) is 18.9 Å². The third kappa shape index (κ3) is 5.26. The van der Waals surface area contributed by atoms with Crippen LogP contribution >= 0.6 is 0 Å². The predicted molar refractivity (Wildman–Crippen MR) is 76.4 cm³/mol. The van der Waals surface area contributed by atoms with Crippen molar-refractivity contribution in [3.63, 3.8) is 0 Å². The Bertz CT molecular complexity index is 408. The molecule has 0 saturated heterocycles. The molecule has 0 saturated carbocycles. The molecule has 0 aliphatic rings. The zero-order valence-electron chi connectivity index (χ0n) is 11.6. The molecule has 0 unspecified atom stereocenters. The van der Waals surface area contributed by atoms with Crippen LogP contribution in [0.3, 0.4) is 0 Å².